The molecule has 0 amide bonds. The van der Waals surface area contributed by atoms with Crippen LogP contribution in [0.2, 0.25) is 0 Å². The number of anilines is 1. The number of hydrogen-bond acceptors (Lipinski definition) is 6. The summed E-state index contributed by atoms with van der Waals surface area (Å²) in [6.07, 6.45) is 1.44. The SMILES string of the molecule is CC1(CN2CCN(C(=S)Nc3ccccc3)CC2)Cn2cc([N+](=O)[O-])nc2O1. The van der Waals surface area contributed by atoms with Crippen LogP contribution < -0.4 is 10.1 Å². The van der Waals surface area contributed by atoms with Crippen LogP contribution in [0.1, 0.15) is 6.92 Å². The summed E-state index contributed by atoms with van der Waals surface area (Å²) in [6, 6.07) is 10.2. The molecule has 1 aromatic heterocycles. The molecule has 9 nitrogen and oxygen atoms in total. The number of para-hydroxylation sites is 1. The zero-order valence-electron chi connectivity index (χ0n) is 15.6. The fraction of sp³-hybridized carbons (Fsp3) is 0.444. The van der Waals surface area contributed by atoms with Gasteiger partial charge in [-0.3, -0.25) is 9.47 Å². The van der Waals surface area contributed by atoms with E-state index in [0.29, 0.717) is 12.6 Å². The molecule has 1 aromatic carbocycles. The predicted molar refractivity (Wildman–Crippen MR) is 109 cm³/mol. The molecule has 1 atom stereocenters. The number of hydrogen-bond donors (Lipinski definition) is 1. The molecule has 0 spiro atoms. The van der Waals surface area contributed by atoms with Gasteiger partial charge in [0.15, 0.2) is 5.11 Å². The van der Waals surface area contributed by atoms with Crippen molar-refractivity contribution in [3.8, 4) is 6.01 Å². The zero-order chi connectivity index (χ0) is 19.7. The Hall–Kier alpha value is -2.72. The summed E-state index contributed by atoms with van der Waals surface area (Å²) >= 11 is 5.53. The van der Waals surface area contributed by atoms with E-state index in [0.717, 1.165) is 43.5 Å². The quantitative estimate of drug-likeness (QED) is 0.472. The van der Waals surface area contributed by atoms with Crippen LogP contribution in [0.3, 0.4) is 0 Å². The van der Waals surface area contributed by atoms with E-state index in [4.69, 9.17) is 17.0 Å². The van der Waals surface area contributed by atoms with E-state index in [9.17, 15) is 10.1 Å². The summed E-state index contributed by atoms with van der Waals surface area (Å²) < 4.78 is 7.65. The van der Waals surface area contributed by atoms with Crippen molar-refractivity contribution in [2.45, 2.75) is 19.1 Å². The third kappa shape index (κ3) is 3.92. The number of thiocarbonyl (C=S) groups is 1. The first-order chi connectivity index (χ1) is 13.4. The van der Waals surface area contributed by atoms with E-state index in [1.807, 2.05) is 37.3 Å². The third-order valence-electron chi connectivity index (χ3n) is 5.00. The molecule has 2 aliphatic rings. The standard InChI is InChI=1S/C18H22N6O3S/c1-18(13-23-11-15(24(25)26)20-16(23)27-18)12-21-7-9-22(10-8-21)17(28)19-14-5-3-2-4-6-14/h2-6,11H,7-10,12-13H2,1H3,(H,19,28). The molecule has 1 unspecified atom stereocenters. The maximum Gasteiger partial charge on any atom is 0.415 e. The monoisotopic (exact) mass is 402 g/mol. The number of piperazine rings is 1. The highest BCUT2D eigenvalue weighted by atomic mass is 32.1. The maximum absolute atomic E-state index is 10.8. The van der Waals surface area contributed by atoms with Crippen LogP contribution >= 0.6 is 12.2 Å². The Balaban J connectivity index is 1.28. The molecule has 4 rings (SSSR count). The van der Waals surface area contributed by atoms with Crippen LogP contribution in [-0.4, -0.2) is 67.7 Å². The molecular formula is C18H22N6O3S. The molecule has 28 heavy (non-hydrogen) atoms. The van der Waals surface area contributed by atoms with Crippen LogP contribution in [-0.2, 0) is 6.54 Å². The molecule has 2 aromatic rings. The van der Waals surface area contributed by atoms with E-state index in [-0.39, 0.29) is 5.82 Å². The highest BCUT2D eigenvalue weighted by Gasteiger charge is 2.41. The Morgan fingerprint density at radius 3 is 2.68 bits per heavy atom. The number of benzene rings is 1. The minimum absolute atomic E-state index is 0.176. The van der Waals surface area contributed by atoms with Gasteiger partial charge in [-0.2, -0.15) is 0 Å². The number of nitro groups is 1. The Morgan fingerprint density at radius 2 is 2.04 bits per heavy atom. The first kappa shape index (κ1) is 18.6. The van der Waals surface area contributed by atoms with Gasteiger partial charge in [0.25, 0.3) is 0 Å². The van der Waals surface area contributed by atoms with Gasteiger partial charge in [0, 0.05) is 43.4 Å². The first-order valence-electron chi connectivity index (χ1n) is 9.16. The number of fused-ring (bicyclic) bond motifs is 1. The topological polar surface area (TPSA) is 88.7 Å². The van der Waals surface area contributed by atoms with Crippen molar-refractivity contribution < 1.29 is 9.66 Å². The van der Waals surface area contributed by atoms with Gasteiger partial charge in [0.1, 0.15) is 11.8 Å². The van der Waals surface area contributed by atoms with Gasteiger partial charge >= 0.3 is 11.8 Å². The summed E-state index contributed by atoms with van der Waals surface area (Å²) in [5.41, 5.74) is 0.549. The molecule has 10 heteroatoms. The highest BCUT2D eigenvalue weighted by molar-refractivity contribution is 7.80. The smallest absolute Gasteiger partial charge is 0.415 e. The second kappa shape index (κ2) is 7.36. The number of ether oxygens (including phenoxy) is 1. The largest absolute Gasteiger partial charge is 0.436 e. The molecule has 148 valence electrons. The molecule has 0 bridgehead atoms. The van der Waals surface area contributed by atoms with Crippen molar-refractivity contribution >= 4 is 28.8 Å². The van der Waals surface area contributed by atoms with Gasteiger partial charge in [-0.25, -0.2) is 0 Å². The third-order valence-corrected chi connectivity index (χ3v) is 5.36. The molecule has 0 aliphatic carbocycles. The van der Waals surface area contributed by atoms with E-state index in [2.05, 4.69) is 20.1 Å². The number of imidazole rings is 1. The van der Waals surface area contributed by atoms with Crippen LogP contribution in [0.15, 0.2) is 36.5 Å². The number of aromatic nitrogens is 2. The summed E-state index contributed by atoms with van der Waals surface area (Å²) in [4.78, 5) is 18.8. The second-order valence-electron chi connectivity index (χ2n) is 7.38. The molecule has 3 heterocycles. The Kier molecular flexibility index (Phi) is 4.90. The first-order valence-corrected chi connectivity index (χ1v) is 9.57. The molecule has 0 saturated carbocycles. The van der Waals surface area contributed by atoms with E-state index in [1.54, 1.807) is 4.57 Å². The lowest BCUT2D eigenvalue weighted by atomic mass is 10.1. The van der Waals surface area contributed by atoms with Crippen molar-refractivity contribution in [2.75, 3.05) is 38.0 Å². The molecule has 1 saturated heterocycles. The van der Waals surface area contributed by atoms with Gasteiger partial charge in [-0.1, -0.05) is 18.2 Å². The molecule has 2 aliphatic heterocycles. The fourth-order valence-electron chi connectivity index (χ4n) is 3.67. The van der Waals surface area contributed by atoms with Crippen LogP contribution in [0.25, 0.3) is 0 Å². The second-order valence-corrected chi connectivity index (χ2v) is 7.76. The molecule has 1 N–H and O–H groups in total. The lowest BCUT2D eigenvalue weighted by molar-refractivity contribution is -0.389. The average Bonchev–Trinajstić information content (AvgIpc) is 3.18. The van der Waals surface area contributed by atoms with Crippen molar-refractivity contribution in [3.05, 3.63) is 46.6 Å². The summed E-state index contributed by atoms with van der Waals surface area (Å²) in [6.45, 7) is 6.72. The average molecular weight is 402 g/mol. The van der Waals surface area contributed by atoms with Crippen molar-refractivity contribution in [1.82, 2.24) is 19.4 Å². The van der Waals surface area contributed by atoms with Crippen molar-refractivity contribution in [2.24, 2.45) is 0 Å². The van der Waals surface area contributed by atoms with Gasteiger partial charge in [-0.15, -0.1) is 0 Å². The van der Waals surface area contributed by atoms with Gasteiger partial charge < -0.3 is 25.1 Å². The van der Waals surface area contributed by atoms with Crippen LogP contribution in [0.4, 0.5) is 11.5 Å². The van der Waals surface area contributed by atoms with Crippen molar-refractivity contribution in [3.63, 3.8) is 0 Å². The number of rotatable bonds is 4. The van der Waals surface area contributed by atoms with Crippen LogP contribution in [0.5, 0.6) is 6.01 Å². The minimum Gasteiger partial charge on any atom is -0.436 e. The van der Waals surface area contributed by atoms with Crippen LogP contribution in [0, 0.1) is 10.1 Å². The Morgan fingerprint density at radius 1 is 1.32 bits per heavy atom. The molecule has 0 radical (unpaired) electrons. The summed E-state index contributed by atoms with van der Waals surface area (Å²) in [5, 5.41) is 14.8. The Bertz CT molecular complexity index is 855. The van der Waals surface area contributed by atoms with E-state index in [1.165, 1.54) is 6.20 Å². The van der Waals surface area contributed by atoms with E-state index >= 15 is 0 Å². The molecular weight excluding hydrogens is 380 g/mol. The summed E-state index contributed by atoms with van der Waals surface area (Å²) in [5.74, 6) is -0.176. The highest BCUT2D eigenvalue weighted by Crippen LogP contribution is 2.31. The lowest BCUT2D eigenvalue weighted by Crippen LogP contribution is -2.54. The van der Waals surface area contributed by atoms with Gasteiger partial charge in [0.2, 0.25) is 0 Å². The normalized spacial score (nSPS) is 21.8. The zero-order valence-corrected chi connectivity index (χ0v) is 16.4. The minimum atomic E-state index is -0.502. The fourth-order valence-corrected chi connectivity index (χ4v) is 3.97. The maximum atomic E-state index is 10.8. The Labute approximate surface area is 168 Å². The lowest BCUT2D eigenvalue weighted by Gasteiger charge is -2.38. The predicted octanol–water partition coefficient (Wildman–Crippen LogP) is 1.96. The number of nitrogens with one attached hydrogen (secondary N) is 1. The number of nitrogens with zero attached hydrogens (tertiary/aromatic N) is 5. The van der Waals surface area contributed by atoms with Gasteiger partial charge in [-0.05, 0) is 36.2 Å². The molecule has 1 fully saturated rings. The van der Waals surface area contributed by atoms with E-state index < -0.39 is 10.5 Å². The summed E-state index contributed by atoms with van der Waals surface area (Å²) in [7, 11) is 0. The van der Waals surface area contributed by atoms with Crippen molar-refractivity contribution in [1.29, 1.82) is 0 Å². The van der Waals surface area contributed by atoms with Gasteiger partial charge in [0.05, 0.1) is 6.54 Å².